The molecule has 0 aliphatic carbocycles. The maximum Gasteiger partial charge on any atom is 0.411 e. The molecule has 2 N–H and O–H groups in total. The van der Waals surface area contributed by atoms with E-state index < -0.39 is 18.2 Å². The summed E-state index contributed by atoms with van der Waals surface area (Å²) in [5, 5.41) is 6.01. The molecule has 1 saturated heterocycles. The molecule has 8 heteroatoms. The van der Waals surface area contributed by atoms with E-state index in [-0.39, 0.29) is 19.4 Å². The van der Waals surface area contributed by atoms with Gasteiger partial charge in [-0.25, -0.2) is 4.79 Å². The van der Waals surface area contributed by atoms with Crippen LogP contribution in [0.1, 0.15) is 24.0 Å². The van der Waals surface area contributed by atoms with Crippen LogP contribution < -0.4 is 15.5 Å². The van der Waals surface area contributed by atoms with Crippen molar-refractivity contribution in [2.75, 3.05) is 28.6 Å². The van der Waals surface area contributed by atoms with Crippen molar-refractivity contribution in [2.45, 2.75) is 32.5 Å². The van der Waals surface area contributed by atoms with Gasteiger partial charge in [0, 0.05) is 35.7 Å². The highest BCUT2D eigenvalue weighted by atomic mass is 19.4. The van der Waals surface area contributed by atoms with Gasteiger partial charge in [0.25, 0.3) is 0 Å². The number of nitrogens with one attached hydrogen (secondary N) is 2. The van der Waals surface area contributed by atoms with E-state index in [4.69, 9.17) is 4.74 Å². The molecular weight excluding hydrogens is 383 g/mol. The number of fused-ring (bicyclic) bond motifs is 1. The molecule has 2 aliphatic heterocycles. The SMILES string of the molecule is Cc1cc(N2CCC(C(F)(F)F)CC2)ccc1Nc1ccc2c(c1)COC(=O)N2. The second-order valence-corrected chi connectivity index (χ2v) is 7.50. The number of carbonyl (C=O) groups excluding carboxylic acids is 1. The fourth-order valence-corrected chi connectivity index (χ4v) is 3.81. The predicted molar refractivity (Wildman–Crippen MR) is 106 cm³/mol. The summed E-state index contributed by atoms with van der Waals surface area (Å²) in [5.74, 6) is -1.20. The van der Waals surface area contributed by atoms with Crippen LogP contribution in [0.5, 0.6) is 0 Å². The number of ether oxygens (including phenoxy) is 1. The second kappa shape index (κ2) is 7.50. The van der Waals surface area contributed by atoms with E-state index in [9.17, 15) is 18.0 Å². The number of alkyl halides is 3. The molecular formula is C21H22F3N3O2. The van der Waals surface area contributed by atoms with Gasteiger partial charge in [-0.1, -0.05) is 0 Å². The average molecular weight is 405 g/mol. The molecule has 2 aromatic carbocycles. The van der Waals surface area contributed by atoms with Crippen LogP contribution in [0.4, 0.5) is 40.7 Å². The summed E-state index contributed by atoms with van der Waals surface area (Å²) in [4.78, 5) is 13.3. The Labute approximate surface area is 166 Å². The molecule has 1 amide bonds. The summed E-state index contributed by atoms with van der Waals surface area (Å²) in [6.07, 6.45) is -4.28. The van der Waals surface area contributed by atoms with Crippen LogP contribution in [0, 0.1) is 12.8 Å². The van der Waals surface area contributed by atoms with Crippen molar-refractivity contribution in [3.05, 3.63) is 47.5 Å². The van der Waals surface area contributed by atoms with Gasteiger partial charge >= 0.3 is 12.3 Å². The van der Waals surface area contributed by atoms with Crippen LogP contribution in [-0.2, 0) is 11.3 Å². The van der Waals surface area contributed by atoms with Gasteiger partial charge in [0.15, 0.2) is 0 Å². The van der Waals surface area contributed by atoms with Gasteiger partial charge in [-0.2, -0.15) is 13.2 Å². The molecule has 2 aliphatic rings. The highest BCUT2D eigenvalue weighted by Gasteiger charge is 2.41. The van der Waals surface area contributed by atoms with Crippen molar-refractivity contribution in [2.24, 2.45) is 5.92 Å². The number of hydrogen-bond acceptors (Lipinski definition) is 4. The number of cyclic esters (lactones) is 1. The fraction of sp³-hybridized carbons (Fsp3) is 0.381. The molecule has 154 valence electrons. The zero-order valence-electron chi connectivity index (χ0n) is 16.0. The first kappa shape index (κ1) is 19.4. The summed E-state index contributed by atoms with van der Waals surface area (Å²) in [7, 11) is 0. The first-order valence-electron chi connectivity index (χ1n) is 9.55. The first-order chi connectivity index (χ1) is 13.8. The van der Waals surface area contributed by atoms with Gasteiger partial charge in [-0.15, -0.1) is 0 Å². The third kappa shape index (κ3) is 4.26. The molecule has 29 heavy (non-hydrogen) atoms. The van der Waals surface area contributed by atoms with E-state index >= 15 is 0 Å². The van der Waals surface area contributed by atoms with E-state index in [1.54, 1.807) is 0 Å². The van der Waals surface area contributed by atoms with E-state index in [1.165, 1.54) is 0 Å². The number of hydrogen-bond donors (Lipinski definition) is 2. The Bertz CT molecular complexity index is 922. The van der Waals surface area contributed by atoms with Crippen molar-refractivity contribution in [1.29, 1.82) is 0 Å². The number of carbonyl (C=O) groups is 1. The molecule has 0 aromatic heterocycles. The first-order valence-corrected chi connectivity index (χ1v) is 9.55. The fourth-order valence-electron chi connectivity index (χ4n) is 3.81. The molecule has 4 rings (SSSR count). The highest BCUT2D eigenvalue weighted by Crippen LogP contribution is 2.36. The van der Waals surface area contributed by atoms with E-state index in [1.807, 2.05) is 48.2 Å². The van der Waals surface area contributed by atoms with Crippen molar-refractivity contribution >= 4 is 28.8 Å². The Kier molecular flexibility index (Phi) is 5.02. The maximum atomic E-state index is 12.9. The largest absolute Gasteiger partial charge is 0.444 e. The molecule has 0 spiro atoms. The van der Waals surface area contributed by atoms with E-state index in [2.05, 4.69) is 10.6 Å². The van der Waals surface area contributed by atoms with Crippen LogP contribution in [0.3, 0.4) is 0 Å². The van der Waals surface area contributed by atoms with E-state index in [0.29, 0.717) is 13.1 Å². The second-order valence-electron chi connectivity index (χ2n) is 7.50. The van der Waals surface area contributed by atoms with Crippen molar-refractivity contribution in [3.8, 4) is 0 Å². The van der Waals surface area contributed by atoms with E-state index in [0.717, 1.165) is 33.9 Å². The quantitative estimate of drug-likeness (QED) is 0.700. The molecule has 1 fully saturated rings. The standard InChI is InChI=1S/C21H22F3N3O2/c1-13-10-17(27-8-6-15(7-9-27)21(22,23)24)3-5-18(13)25-16-2-4-19-14(11-16)12-29-20(28)26-19/h2-5,10-11,15,25H,6-9,12H2,1H3,(H,26,28). The highest BCUT2D eigenvalue weighted by molar-refractivity contribution is 5.88. The Hall–Kier alpha value is -2.90. The average Bonchev–Trinajstić information content (AvgIpc) is 2.69. The molecule has 0 radical (unpaired) electrons. The lowest BCUT2D eigenvalue weighted by Crippen LogP contribution is -2.39. The topological polar surface area (TPSA) is 53.6 Å². The summed E-state index contributed by atoms with van der Waals surface area (Å²) in [6.45, 7) is 3.01. The lowest BCUT2D eigenvalue weighted by atomic mass is 9.96. The number of benzene rings is 2. The normalized spacial score (nSPS) is 17.4. The van der Waals surface area contributed by atoms with Crippen molar-refractivity contribution < 1.29 is 22.7 Å². The summed E-state index contributed by atoms with van der Waals surface area (Å²) in [6, 6.07) is 11.5. The number of amides is 1. The van der Waals surface area contributed by atoms with Gasteiger partial charge in [0.2, 0.25) is 0 Å². The van der Waals surface area contributed by atoms with Crippen molar-refractivity contribution in [3.63, 3.8) is 0 Å². The summed E-state index contributed by atoms with van der Waals surface area (Å²) >= 11 is 0. The molecule has 0 saturated carbocycles. The minimum atomic E-state index is -4.10. The molecule has 5 nitrogen and oxygen atoms in total. The number of halogens is 3. The summed E-state index contributed by atoms with van der Waals surface area (Å²) < 4.78 is 43.6. The zero-order valence-corrected chi connectivity index (χ0v) is 16.0. The van der Waals surface area contributed by atoms with Gasteiger partial charge in [0.1, 0.15) is 6.61 Å². The molecule has 2 aromatic rings. The smallest absolute Gasteiger partial charge is 0.411 e. The Balaban J connectivity index is 1.44. The number of nitrogens with zero attached hydrogens (tertiary/aromatic N) is 1. The van der Waals surface area contributed by atoms with Gasteiger partial charge in [-0.3, -0.25) is 5.32 Å². The lowest BCUT2D eigenvalue weighted by molar-refractivity contribution is -0.179. The molecule has 0 bridgehead atoms. The third-order valence-corrected chi connectivity index (χ3v) is 5.51. The zero-order chi connectivity index (χ0) is 20.6. The minimum absolute atomic E-state index is 0.135. The Morgan fingerprint density at radius 1 is 1.14 bits per heavy atom. The lowest BCUT2D eigenvalue weighted by Gasteiger charge is -2.34. The number of aryl methyl sites for hydroxylation is 1. The van der Waals surface area contributed by atoms with Gasteiger partial charge in [-0.05, 0) is 61.7 Å². The minimum Gasteiger partial charge on any atom is -0.444 e. The molecule has 2 heterocycles. The Morgan fingerprint density at radius 2 is 1.90 bits per heavy atom. The molecule has 0 atom stereocenters. The van der Waals surface area contributed by atoms with Crippen LogP contribution in [0.15, 0.2) is 36.4 Å². The third-order valence-electron chi connectivity index (χ3n) is 5.51. The predicted octanol–water partition coefficient (Wildman–Crippen LogP) is 5.58. The number of anilines is 4. The molecule has 0 unspecified atom stereocenters. The Morgan fingerprint density at radius 3 is 2.59 bits per heavy atom. The van der Waals surface area contributed by atoms with Crippen molar-refractivity contribution in [1.82, 2.24) is 0 Å². The number of rotatable bonds is 3. The number of piperidine rings is 1. The maximum absolute atomic E-state index is 12.9. The summed E-state index contributed by atoms with van der Waals surface area (Å²) in [5.41, 5.74) is 5.35. The van der Waals surface area contributed by atoms with Crippen LogP contribution in [-0.4, -0.2) is 25.4 Å². The van der Waals surface area contributed by atoms with Crippen LogP contribution in [0.25, 0.3) is 0 Å². The van der Waals surface area contributed by atoms with Crippen LogP contribution >= 0.6 is 0 Å². The van der Waals surface area contributed by atoms with Crippen LogP contribution in [0.2, 0.25) is 0 Å². The monoisotopic (exact) mass is 405 g/mol. The van der Waals surface area contributed by atoms with Gasteiger partial charge in [0.05, 0.1) is 11.6 Å². The van der Waals surface area contributed by atoms with Gasteiger partial charge < -0.3 is 15.0 Å².